The van der Waals surface area contributed by atoms with E-state index in [9.17, 15) is 39.9 Å². The van der Waals surface area contributed by atoms with Gasteiger partial charge in [-0.05, 0) is 41.8 Å². The molecule has 0 heterocycles. The molecule has 0 radical (unpaired) electrons. The lowest BCUT2D eigenvalue weighted by atomic mass is 9.56. The van der Waals surface area contributed by atoms with Gasteiger partial charge in [0.1, 0.15) is 28.6 Å². The predicted octanol–water partition coefficient (Wildman–Crippen LogP) is 1.79. The Bertz CT molecular complexity index is 1480. The van der Waals surface area contributed by atoms with Gasteiger partial charge in [0.2, 0.25) is 5.78 Å². The zero-order chi connectivity index (χ0) is 27.5. The lowest BCUT2D eigenvalue weighted by Crippen LogP contribution is -2.63. The van der Waals surface area contributed by atoms with Crippen LogP contribution in [0.1, 0.15) is 30.0 Å². The molecule has 4 atom stereocenters. The molecule has 0 spiro atoms. The summed E-state index contributed by atoms with van der Waals surface area (Å²) in [4.78, 5) is 38.3. The lowest BCUT2D eigenvalue weighted by molar-refractivity contribution is -0.157. The van der Waals surface area contributed by atoms with Crippen LogP contribution in [0.5, 0.6) is 11.5 Å². The molecule has 1 fully saturated rings. The van der Waals surface area contributed by atoms with Crippen molar-refractivity contribution in [1.29, 1.82) is 0 Å². The van der Waals surface area contributed by atoms with Crippen molar-refractivity contribution in [3.05, 3.63) is 76.1 Å². The number of aliphatic hydroxyl groups is 4. The van der Waals surface area contributed by atoms with E-state index < -0.39 is 70.1 Å². The van der Waals surface area contributed by atoms with Gasteiger partial charge in [0.05, 0.1) is 23.8 Å². The van der Waals surface area contributed by atoms with E-state index in [0.717, 1.165) is 0 Å². The van der Waals surface area contributed by atoms with Crippen molar-refractivity contribution in [3.8, 4) is 11.5 Å². The van der Waals surface area contributed by atoms with Gasteiger partial charge in [-0.1, -0.05) is 30.3 Å². The number of Topliss-reactive ketones (excluding diaryl/α,β-unsaturated/α-hetero) is 2. The molecule has 0 aliphatic heterocycles. The molecule has 2 aromatic rings. The Kier molecular flexibility index (Phi) is 5.89. The minimum absolute atomic E-state index is 0.107. The van der Waals surface area contributed by atoms with Crippen LogP contribution in [0.3, 0.4) is 0 Å². The maximum Gasteiger partial charge on any atom is 0.255 e. The Balaban J connectivity index is 1.76. The van der Waals surface area contributed by atoms with Gasteiger partial charge in [0, 0.05) is 18.3 Å². The first kappa shape index (κ1) is 25.2. The third kappa shape index (κ3) is 3.45. The Labute approximate surface area is 216 Å². The number of phenolic OH excluding ortho intramolecular Hbond substituents is 1. The zero-order valence-corrected chi connectivity index (χ0v) is 20.2. The van der Waals surface area contributed by atoms with E-state index in [1.165, 1.54) is 12.1 Å². The Morgan fingerprint density at radius 3 is 2.45 bits per heavy atom. The van der Waals surface area contributed by atoms with Crippen LogP contribution in [0.25, 0.3) is 17.4 Å². The number of aliphatic hydroxyl groups excluding tert-OH is 3. The van der Waals surface area contributed by atoms with Crippen LogP contribution in [-0.4, -0.2) is 61.3 Å². The summed E-state index contributed by atoms with van der Waals surface area (Å²) < 4.78 is 5.47. The normalized spacial score (nSPS) is 27.7. The van der Waals surface area contributed by atoms with E-state index in [4.69, 9.17) is 10.5 Å². The van der Waals surface area contributed by atoms with Crippen LogP contribution in [-0.2, 0) is 14.4 Å². The highest BCUT2D eigenvalue weighted by molar-refractivity contribution is 6.23. The molecule has 1 saturated carbocycles. The number of nitrogens with two attached hydrogens (primary N) is 1. The van der Waals surface area contributed by atoms with E-state index in [-0.39, 0.29) is 11.3 Å². The number of ketones is 2. The number of rotatable bonds is 4. The summed E-state index contributed by atoms with van der Waals surface area (Å²) in [6.07, 6.45) is -0.666. The first-order valence-corrected chi connectivity index (χ1v) is 11.9. The Hall–Kier alpha value is -4.41. The van der Waals surface area contributed by atoms with Crippen LogP contribution in [0.4, 0.5) is 0 Å². The van der Waals surface area contributed by atoms with Crippen molar-refractivity contribution in [2.24, 2.45) is 17.6 Å². The van der Waals surface area contributed by atoms with Gasteiger partial charge in [-0.3, -0.25) is 14.4 Å². The van der Waals surface area contributed by atoms with Crippen LogP contribution in [0, 0.1) is 11.8 Å². The average molecular weight is 520 g/mol. The van der Waals surface area contributed by atoms with Gasteiger partial charge in [0.25, 0.3) is 5.91 Å². The van der Waals surface area contributed by atoms with Crippen molar-refractivity contribution in [2.45, 2.75) is 25.0 Å². The van der Waals surface area contributed by atoms with E-state index >= 15 is 0 Å². The number of primary amides is 1. The SMILES string of the molecule is CCOc1ccc(/C=C2\c3cccc(O)c3C(O)=C3C(=O)[C@]4(O)C(O)=C(C(N)=O)C(=O)C[C@@H]4[C@@H](O)[C@@H]32)cc1. The molecule has 2 aromatic carbocycles. The van der Waals surface area contributed by atoms with Gasteiger partial charge in [0.15, 0.2) is 11.4 Å². The van der Waals surface area contributed by atoms with E-state index in [2.05, 4.69) is 0 Å². The van der Waals surface area contributed by atoms with Crippen molar-refractivity contribution in [1.82, 2.24) is 0 Å². The largest absolute Gasteiger partial charge is 0.508 e. The van der Waals surface area contributed by atoms with E-state index in [0.29, 0.717) is 29.1 Å². The van der Waals surface area contributed by atoms with Crippen LogP contribution in [0.2, 0.25) is 0 Å². The number of hydrogen-bond acceptors (Lipinski definition) is 9. The maximum absolute atomic E-state index is 13.8. The number of benzene rings is 2. The molecule has 0 saturated heterocycles. The van der Waals surface area contributed by atoms with Gasteiger partial charge in [-0.2, -0.15) is 0 Å². The fourth-order valence-corrected chi connectivity index (χ4v) is 5.70. The summed E-state index contributed by atoms with van der Waals surface area (Å²) in [7, 11) is 0. The van der Waals surface area contributed by atoms with Crippen LogP contribution >= 0.6 is 0 Å². The number of carbonyl (C=O) groups is 3. The average Bonchev–Trinajstić information content (AvgIpc) is 2.87. The molecule has 7 N–H and O–H groups in total. The smallest absolute Gasteiger partial charge is 0.255 e. The van der Waals surface area contributed by atoms with Gasteiger partial charge in [-0.15, -0.1) is 0 Å². The molecule has 3 aliphatic carbocycles. The highest BCUT2D eigenvalue weighted by Crippen LogP contribution is 2.55. The first-order chi connectivity index (χ1) is 18.0. The molecule has 0 aromatic heterocycles. The van der Waals surface area contributed by atoms with Crippen LogP contribution < -0.4 is 10.5 Å². The second kappa shape index (κ2) is 8.86. The predicted molar refractivity (Wildman–Crippen MR) is 135 cm³/mol. The number of fused-ring (bicyclic) bond motifs is 3. The van der Waals surface area contributed by atoms with Crippen molar-refractivity contribution in [2.75, 3.05) is 6.61 Å². The first-order valence-electron chi connectivity index (χ1n) is 11.9. The second-order valence-corrected chi connectivity index (χ2v) is 9.45. The molecule has 1 amide bonds. The Morgan fingerprint density at radius 2 is 1.82 bits per heavy atom. The summed E-state index contributed by atoms with van der Waals surface area (Å²) in [6.45, 7) is 2.32. The number of hydrogen-bond donors (Lipinski definition) is 6. The molecular weight excluding hydrogens is 494 g/mol. The molecule has 38 heavy (non-hydrogen) atoms. The molecule has 10 heteroatoms. The summed E-state index contributed by atoms with van der Waals surface area (Å²) in [5, 5.41) is 55.5. The number of aromatic hydroxyl groups is 1. The van der Waals surface area contributed by atoms with E-state index in [1.807, 2.05) is 6.92 Å². The van der Waals surface area contributed by atoms with Crippen molar-refractivity contribution < 1.29 is 44.7 Å². The highest BCUT2D eigenvalue weighted by atomic mass is 16.5. The minimum atomic E-state index is -2.90. The highest BCUT2D eigenvalue weighted by Gasteiger charge is 2.64. The standard InChI is InChI=1S/C28H25NO9/c1-2-38-13-8-6-12(7-9-13)10-15-14-4-3-5-17(30)19(14)24(33)22-20(15)23(32)16-11-18(31)21(27(29)36)25(34)28(16,37)26(22)35/h3-10,16,20,23,30,32-34,37H,2,11H2,1H3,(H2,29,36)/b15-10+/t16-,20-,23-,28-/m1/s1. The number of ether oxygens (including phenoxy) is 1. The summed E-state index contributed by atoms with van der Waals surface area (Å²) in [5.74, 6) is -7.99. The molecule has 3 aliphatic rings. The van der Waals surface area contributed by atoms with Gasteiger partial charge in [-0.25, -0.2) is 0 Å². The quantitative estimate of drug-likeness (QED) is 0.327. The number of carbonyl (C=O) groups excluding carboxylic acids is 3. The van der Waals surface area contributed by atoms with Gasteiger partial charge < -0.3 is 36.0 Å². The molecule has 0 bridgehead atoms. The second-order valence-electron chi connectivity index (χ2n) is 9.45. The topological polar surface area (TPSA) is 188 Å². The summed E-state index contributed by atoms with van der Waals surface area (Å²) in [6, 6.07) is 11.4. The lowest BCUT2D eigenvalue weighted by Gasteiger charge is -2.49. The summed E-state index contributed by atoms with van der Waals surface area (Å²) in [5.41, 5.74) is 2.07. The number of phenols is 1. The van der Waals surface area contributed by atoms with Crippen LogP contribution in [0.15, 0.2) is 59.4 Å². The molecular formula is C28H25NO9. The number of amides is 1. The molecule has 10 nitrogen and oxygen atoms in total. The monoisotopic (exact) mass is 519 g/mol. The van der Waals surface area contributed by atoms with Crippen molar-refractivity contribution >= 4 is 34.9 Å². The van der Waals surface area contributed by atoms with Gasteiger partial charge >= 0.3 is 0 Å². The fourth-order valence-electron chi connectivity index (χ4n) is 5.70. The Morgan fingerprint density at radius 1 is 1.13 bits per heavy atom. The third-order valence-electron chi connectivity index (χ3n) is 7.41. The van der Waals surface area contributed by atoms with Crippen molar-refractivity contribution in [3.63, 3.8) is 0 Å². The zero-order valence-electron chi connectivity index (χ0n) is 20.2. The maximum atomic E-state index is 13.8. The summed E-state index contributed by atoms with van der Waals surface area (Å²) >= 11 is 0. The fraction of sp³-hybridized carbons (Fsp3) is 0.250. The molecule has 5 rings (SSSR count). The molecule has 0 unspecified atom stereocenters. The molecule has 196 valence electrons. The van der Waals surface area contributed by atoms with E-state index in [1.54, 1.807) is 36.4 Å². The minimum Gasteiger partial charge on any atom is -0.508 e. The third-order valence-corrected chi connectivity index (χ3v) is 7.41.